The molecule has 0 saturated heterocycles. The first kappa shape index (κ1) is 21.2. The molecule has 0 aliphatic rings. The third kappa shape index (κ3) is 5.77. The smallest absolute Gasteiger partial charge is 0.103 e. The average molecular weight is 422 g/mol. The summed E-state index contributed by atoms with van der Waals surface area (Å²) < 4.78 is 0. The van der Waals surface area contributed by atoms with Crippen LogP contribution in [0.1, 0.15) is 34.2 Å². The molecule has 0 radical (unpaired) electrons. The number of hydrogen-bond donors (Lipinski definition) is 0. The maximum Gasteiger partial charge on any atom is 0.161 e. The molecule has 0 amide bonds. The second-order valence-corrected chi connectivity index (χ2v) is 8.99. The number of aryl methyl sites for hydroxylation is 1. The van der Waals surface area contributed by atoms with E-state index >= 15 is 0 Å². The van der Waals surface area contributed by atoms with Crippen LogP contribution in [0.2, 0.25) is 0 Å². The second-order valence-electron chi connectivity index (χ2n) is 7.80. The van der Waals surface area contributed by atoms with Gasteiger partial charge in [-0.05, 0) is 41.7 Å². The molecule has 4 aromatic carbocycles. The quantitative estimate of drug-likeness (QED) is 0.152. The molecule has 0 aliphatic heterocycles. The van der Waals surface area contributed by atoms with Gasteiger partial charge in [0.25, 0.3) is 0 Å². The van der Waals surface area contributed by atoms with E-state index < -0.39 is 0 Å². The number of hydrogen-bond acceptors (Lipinski definition) is 0. The molecule has 31 heavy (non-hydrogen) atoms. The highest BCUT2D eigenvalue weighted by molar-refractivity contribution is 7.78. The fourth-order valence-corrected chi connectivity index (χ4v) is 5.10. The van der Waals surface area contributed by atoms with Crippen molar-refractivity contribution in [2.75, 3.05) is 0 Å². The van der Waals surface area contributed by atoms with Crippen LogP contribution in [0.15, 0.2) is 126 Å². The summed E-state index contributed by atoms with van der Waals surface area (Å²) in [7, 11) is 0. The predicted molar refractivity (Wildman–Crippen MR) is 135 cm³/mol. The van der Waals surface area contributed by atoms with E-state index in [4.69, 9.17) is 0 Å². The lowest BCUT2D eigenvalue weighted by Gasteiger charge is -2.10. The van der Waals surface area contributed by atoms with Gasteiger partial charge in [-0.25, -0.2) is 0 Å². The van der Waals surface area contributed by atoms with E-state index in [-0.39, 0.29) is 0 Å². The van der Waals surface area contributed by atoms with Crippen molar-refractivity contribution >= 4 is 11.8 Å². The van der Waals surface area contributed by atoms with E-state index in [1.165, 1.54) is 49.4 Å². The van der Waals surface area contributed by atoms with Crippen LogP contribution in [-0.2, 0) is 31.0 Å². The molecule has 0 atom stereocenters. The Bertz CT molecular complexity index is 1130. The van der Waals surface area contributed by atoms with Crippen LogP contribution in [0.5, 0.6) is 0 Å². The van der Waals surface area contributed by atoms with Crippen molar-refractivity contribution < 1.29 is 0 Å². The van der Waals surface area contributed by atoms with E-state index in [1.807, 2.05) is 6.08 Å². The summed E-state index contributed by atoms with van der Waals surface area (Å²) in [5.74, 6) is 0. The lowest BCUT2D eigenvalue weighted by atomic mass is 9.97. The zero-order chi connectivity index (χ0) is 21.3. The van der Waals surface area contributed by atoms with Crippen molar-refractivity contribution in [3.63, 3.8) is 0 Å². The fourth-order valence-electron chi connectivity index (χ4n) is 3.92. The van der Waals surface area contributed by atoms with Gasteiger partial charge >= 0.3 is 0 Å². The fraction of sp³-hybridized carbons (Fsp3) is 0.133. The van der Waals surface area contributed by atoms with Crippen LogP contribution in [0.25, 0.3) is 0 Å². The minimum absolute atomic E-state index is 0.969. The van der Waals surface area contributed by atoms with Gasteiger partial charge in [-0.2, -0.15) is 0 Å². The standard InChI is InChI=1S/C30H28S/c1-2-3-15-25-16-7-8-17-26(25)23-28-19-10-12-21-30(28)31-29-20-11-9-18-27(29)22-24-13-5-4-6-14-24/h2,4-14,16-21H,1,3,15,22-23H2/p+1. The highest BCUT2D eigenvalue weighted by atomic mass is 32.2. The highest BCUT2D eigenvalue weighted by Crippen LogP contribution is 2.25. The molecule has 4 rings (SSSR count). The van der Waals surface area contributed by atoms with Crippen LogP contribution in [0, 0.1) is 0 Å². The summed E-state index contributed by atoms with van der Waals surface area (Å²) in [5.41, 5.74) is 7.01. The molecule has 0 aliphatic carbocycles. The van der Waals surface area contributed by atoms with E-state index in [0.717, 1.165) is 25.7 Å². The lowest BCUT2D eigenvalue weighted by Crippen LogP contribution is -2.01. The lowest BCUT2D eigenvalue weighted by molar-refractivity contribution is 0.966. The molecular formula is C30H29S+. The van der Waals surface area contributed by atoms with Gasteiger partial charge in [0.2, 0.25) is 0 Å². The minimum Gasteiger partial charge on any atom is -0.103 e. The molecule has 4 aromatic rings. The maximum atomic E-state index is 3.89. The molecule has 0 unspecified atom stereocenters. The molecule has 154 valence electrons. The number of thiol groups is 1. The molecule has 0 heterocycles. The van der Waals surface area contributed by atoms with Gasteiger partial charge in [-0.15, -0.1) is 6.58 Å². The van der Waals surface area contributed by atoms with Gasteiger partial charge < -0.3 is 0 Å². The normalized spacial score (nSPS) is 10.7. The van der Waals surface area contributed by atoms with Crippen LogP contribution in [-0.4, -0.2) is 0 Å². The molecule has 0 bridgehead atoms. The summed E-state index contributed by atoms with van der Waals surface area (Å²) in [6, 6.07) is 37.3. The summed E-state index contributed by atoms with van der Waals surface area (Å²) in [6.45, 7) is 3.89. The zero-order valence-corrected chi connectivity index (χ0v) is 18.8. The van der Waals surface area contributed by atoms with Gasteiger partial charge in [-0.3, -0.25) is 0 Å². The van der Waals surface area contributed by atoms with E-state index in [2.05, 4.69) is 110 Å². The summed E-state index contributed by atoms with van der Waals surface area (Å²) in [4.78, 5) is 2.78. The molecule has 0 saturated carbocycles. The third-order valence-electron chi connectivity index (χ3n) is 5.58. The Morgan fingerprint density at radius 1 is 0.548 bits per heavy atom. The Morgan fingerprint density at radius 3 is 1.71 bits per heavy atom. The van der Waals surface area contributed by atoms with E-state index in [1.54, 1.807) is 0 Å². The molecule has 0 nitrogen and oxygen atoms in total. The molecule has 0 aromatic heterocycles. The van der Waals surface area contributed by atoms with Crippen molar-refractivity contribution in [1.82, 2.24) is 0 Å². The van der Waals surface area contributed by atoms with E-state index in [0.29, 0.717) is 0 Å². The molecular weight excluding hydrogens is 392 g/mol. The Hall–Kier alpha value is -3.03. The van der Waals surface area contributed by atoms with Crippen molar-refractivity contribution in [2.24, 2.45) is 0 Å². The van der Waals surface area contributed by atoms with Crippen molar-refractivity contribution in [1.29, 1.82) is 0 Å². The Labute approximate surface area is 190 Å². The minimum atomic E-state index is 0.969. The third-order valence-corrected chi connectivity index (χ3v) is 6.93. The van der Waals surface area contributed by atoms with Crippen molar-refractivity contribution in [3.05, 3.63) is 144 Å². The first-order valence-corrected chi connectivity index (χ1v) is 11.8. The number of allylic oxidation sites excluding steroid dienone is 1. The molecule has 0 fully saturated rings. The van der Waals surface area contributed by atoms with E-state index in [9.17, 15) is 0 Å². The molecule has 0 N–H and O–H groups in total. The predicted octanol–water partition coefficient (Wildman–Crippen LogP) is 7.22. The largest absolute Gasteiger partial charge is 0.161 e. The van der Waals surface area contributed by atoms with Crippen LogP contribution in [0.3, 0.4) is 0 Å². The topological polar surface area (TPSA) is 0 Å². The summed E-state index contributed by atoms with van der Waals surface area (Å²) >= 11 is 1.27. The van der Waals surface area contributed by atoms with Gasteiger partial charge in [0.1, 0.15) is 0 Å². The monoisotopic (exact) mass is 421 g/mol. The number of benzene rings is 4. The van der Waals surface area contributed by atoms with Gasteiger partial charge in [-0.1, -0.05) is 97.1 Å². The van der Waals surface area contributed by atoms with Crippen LogP contribution in [0.4, 0.5) is 0 Å². The molecule has 1 heteroatoms. The van der Waals surface area contributed by atoms with Crippen LogP contribution < -0.4 is 0 Å². The maximum absolute atomic E-state index is 3.89. The second kappa shape index (κ2) is 10.8. The van der Waals surface area contributed by atoms with Crippen molar-refractivity contribution in [2.45, 2.75) is 35.5 Å². The first-order chi connectivity index (χ1) is 15.3. The van der Waals surface area contributed by atoms with Crippen LogP contribution >= 0.6 is 0 Å². The van der Waals surface area contributed by atoms with Gasteiger partial charge in [0.15, 0.2) is 9.79 Å². The Balaban J connectivity index is 1.59. The Kier molecular flexibility index (Phi) is 7.41. The number of rotatable bonds is 9. The highest BCUT2D eigenvalue weighted by Gasteiger charge is 2.17. The van der Waals surface area contributed by atoms with Crippen molar-refractivity contribution in [3.8, 4) is 0 Å². The SMILES string of the molecule is C=CCCc1ccccc1Cc1ccccc1[SH+]c1ccccc1Cc1ccccc1. The first-order valence-electron chi connectivity index (χ1n) is 10.9. The molecule has 0 spiro atoms. The van der Waals surface area contributed by atoms with Gasteiger partial charge in [0, 0.05) is 35.7 Å². The Morgan fingerprint density at radius 2 is 1.06 bits per heavy atom. The van der Waals surface area contributed by atoms with Gasteiger partial charge in [0.05, 0.1) is 0 Å². The summed E-state index contributed by atoms with van der Waals surface area (Å²) in [6.07, 6.45) is 6.02. The summed E-state index contributed by atoms with van der Waals surface area (Å²) in [5, 5.41) is 0. The average Bonchev–Trinajstić information content (AvgIpc) is 2.82. The zero-order valence-electron chi connectivity index (χ0n) is 17.9.